The number of hydrogen-bond acceptors (Lipinski definition) is 3. The molecule has 0 aliphatic carbocycles. The van der Waals surface area contributed by atoms with Crippen molar-refractivity contribution in [3.8, 4) is 6.07 Å². The summed E-state index contributed by atoms with van der Waals surface area (Å²) in [4.78, 5) is 11.2. The lowest BCUT2D eigenvalue weighted by Gasteiger charge is -2.11. The minimum absolute atomic E-state index is 0.0192. The summed E-state index contributed by atoms with van der Waals surface area (Å²) in [6.07, 6.45) is -4.96. The molecule has 0 bridgehead atoms. The Morgan fingerprint density at radius 2 is 2.11 bits per heavy atom. The quantitative estimate of drug-likeness (QED) is 0.782. The van der Waals surface area contributed by atoms with Crippen molar-refractivity contribution in [2.45, 2.75) is 19.5 Å². The Kier molecular flexibility index (Phi) is 4.32. The smallest absolute Gasteiger partial charge is 0.417 e. The van der Waals surface area contributed by atoms with Crippen LogP contribution in [0.25, 0.3) is 0 Å². The van der Waals surface area contributed by atoms with Crippen molar-refractivity contribution in [2.24, 2.45) is 0 Å². The van der Waals surface area contributed by atoms with E-state index in [2.05, 4.69) is 4.74 Å². The molecule has 0 unspecified atom stereocenters. The van der Waals surface area contributed by atoms with Crippen molar-refractivity contribution in [1.82, 2.24) is 0 Å². The Morgan fingerprint density at radius 1 is 1.44 bits per heavy atom. The Labute approximate surface area is 102 Å². The van der Waals surface area contributed by atoms with E-state index < -0.39 is 23.3 Å². The van der Waals surface area contributed by atoms with Gasteiger partial charge in [0.2, 0.25) is 0 Å². The number of hydrogen-bond donors (Lipinski definition) is 0. The molecule has 96 valence electrons. The number of esters is 1. The molecule has 0 radical (unpaired) electrons. The first-order valence-electron chi connectivity index (χ1n) is 5.15. The van der Waals surface area contributed by atoms with Crippen LogP contribution in [0.5, 0.6) is 0 Å². The number of carbonyl (C=O) groups is 1. The minimum atomic E-state index is -4.62. The van der Waals surface area contributed by atoms with Gasteiger partial charge in [-0.25, -0.2) is 0 Å². The van der Waals surface area contributed by atoms with Crippen LogP contribution in [0.2, 0.25) is 0 Å². The van der Waals surface area contributed by atoms with Gasteiger partial charge in [-0.05, 0) is 18.6 Å². The van der Waals surface area contributed by atoms with Crippen molar-refractivity contribution < 1.29 is 22.7 Å². The molecule has 3 nitrogen and oxygen atoms in total. The third-order valence-electron chi connectivity index (χ3n) is 2.21. The zero-order valence-corrected chi connectivity index (χ0v) is 9.54. The summed E-state index contributed by atoms with van der Waals surface area (Å²) in [5, 5.41) is 8.80. The largest absolute Gasteiger partial charge is 0.466 e. The highest BCUT2D eigenvalue weighted by molar-refractivity contribution is 5.73. The van der Waals surface area contributed by atoms with Crippen LogP contribution >= 0.6 is 0 Å². The third-order valence-corrected chi connectivity index (χ3v) is 2.21. The zero-order chi connectivity index (χ0) is 13.8. The van der Waals surface area contributed by atoms with Gasteiger partial charge in [-0.1, -0.05) is 12.1 Å². The minimum Gasteiger partial charge on any atom is -0.466 e. The van der Waals surface area contributed by atoms with Crippen molar-refractivity contribution >= 4 is 5.97 Å². The van der Waals surface area contributed by atoms with E-state index in [0.29, 0.717) is 0 Å². The van der Waals surface area contributed by atoms with Crippen LogP contribution in [0.4, 0.5) is 13.2 Å². The first kappa shape index (κ1) is 14.0. The number of benzene rings is 1. The lowest BCUT2D eigenvalue weighted by Crippen LogP contribution is -2.13. The lowest BCUT2D eigenvalue weighted by atomic mass is 9.99. The van der Waals surface area contributed by atoms with Crippen molar-refractivity contribution in [3.63, 3.8) is 0 Å². The standard InChI is InChI=1S/C12H10F3NO2/c1-2-18-11(17)6-8-4-3-5-10(9(8)7-16)12(13,14)15/h3-5H,2,6H2,1H3. The number of rotatable bonds is 3. The predicted octanol–water partition coefficient (Wildman–Crippen LogP) is 2.68. The van der Waals surface area contributed by atoms with Crippen molar-refractivity contribution in [1.29, 1.82) is 5.26 Å². The Hall–Kier alpha value is -2.03. The van der Waals surface area contributed by atoms with Crippen LogP contribution in [0.15, 0.2) is 18.2 Å². The fourth-order valence-corrected chi connectivity index (χ4v) is 1.48. The van der Waals surface area contributed by atoms with Gasteiger partial charge in [0, 0.05) is 0 Å². The van der Waals surface area contributed by atoms with E-state index in [4.69, 9.17) is 5.26 Å². The molecule has 0 saturated carbocycles. The van der Waals surface area contributed by atoms with Gasteiger partial charge in [-0.2, -0.15) is 18.4 Å². The van der Waals surface area contributed by atoms with E-state index in [9.17, 15) is 18.0 Å². The normalized spacial score (nSPS) is 10.8. The second-order valence-corrected chi connectivity index (χ2v) is 3.43. The molecule has 0 aliphatic rings. The number of carbonyl (C=O) groups excluding carboxylic acids is 1. The molecule has 0 aliphatic heterocycles. The predicted molar refractivity (Wildman–Crippen MR) is 56.5 cm³/mol. The summed E-state index contributed by atoms with van der Waals surface area (Å²) >= 11 is 0. The van der Waals surface area contributed by atoms with Gasteiger partial charge < -0.3 is 4.74 Å². The number of nitriles is 1. The molecule has 1 rings (SSSR count). The zero-order valence-electron chi connectivity index (χ0n) is 9.54. The topological polar surface area (TPSA) is 50.1 Å². The van der Waals surface area contributed by atoms with Gasteiger partial charge in [0.25, 0.3) is 0 Å². The summed E-state index contributed by atoms with van der Waals surface area (Å²) in [7, 11) is 0. The number of alkyl halides is 3. The second kappa shape index (κ2) is 5.54. The Balaban J connectivity index is 3.15. The van der Waals surface area contributed by atoms with Crippen molar-refractivity contribution in [3.05, 3.63) is 34.9 Å². The molecule has 0 amide bonds. The first-order chi connectivity index (χ1) is 8.40. The van der Waals surface area contributed by atoms with Crippen LogP contribution < -0.4 is 0 Å². The maximum absolute atomic E-state index is 12.6. The molecule has 1 aromatic rings. The average Bonchev–Trinajstić information content (AvgIpc) is 2.27. The molecule has 1 aromatic carbocycles. The van der Waals surface area contributed by atoms with Gasteiger partial charge in [-0.15, -0.1) is 0 Å². The molecule has 0 saturated heterocycles. The SMILES string of the molecule is CCOC(=O)Cc1cccc(C(F)(F)F)c1C#N. The van der Waals surface area contributed by atoms with Crippen LogP contribution in [0, 0.1) is 11.3 Å². The second-order valence-electron chi connectivity index (χ2n) is 3.43. The molecule has 0 aromatic heterocycles. The summed E-state index contributed by atoms with van der Waals surface area (Å²) in [6.45, 7) is 1.73. The summed E-state index contributed by atoms with van der Waals surface area (Å²) < 4.78 is 42.5. The molecule has 0 fully saturated rings. The van der Waals surface area contributed by atoms with Crippen molar-refractivity contribution in [2.75, 3.05) is 6.61 Å². The number of ether oxygens (including phenoxy) is 1. The van der Waals surface area contributed by atoms with Gasteiger partial charge in [0.1, 0.15) is 6.07 Å². The van der Waals surface area contributed by atoms with Gasteiger partial charge in [0.05, 0.1) is 24.2 Å². The molecule has 6 heteroatoms. The van der Waals surface area contributed by atoms with Crippen LogP contribution in [-0.2, 0) is 22.1 Å². The molecule has 0 N–H and O–H groups in total. The molecule has 0 spiro atoms. The Morgan fingerprint density at radius 3 is 2.61 bits per heavy atom. The fraction of sp³-hybridized carbons (Fsp3) is 0.333. The highest BCUT2D eigenvalue weighted by Gasteiger charge is 2.34. The van der Waals surface area contributed by atoms with E-state index in [0.717, 1.165) is 12.1 Å². The maximum atomic E-state index is 12.6. The molecule has 0 atom stereocenters. The summed E-state index contributed by atoms with van der Waals surface area (Å²) in [6, 6.07) is 4.78. The highest BCUT2D eigenvalue weighted by atomic mass is 19.4. The maximum Gasteiger partial charge on any atom is 0.417 e. The van der Waals surface area contributed by atoms with E-state index in [1.807, 2.05) is 0 Å². The van der Waals surface area contributed by atoms with Crippen LogP contribution in [0.3, 0.4) is 0 Å². The molecule has 0 heterocycles. The summed E-state index contributed by atoms with van der Waals surface area (Å²) in [5.74, 6) is -0.659. The number of nitrogens with zero attached hydrogens (tertiary/aromatic N) is 1. The van der Waals surface area contributed by atoms with Gasteiger partial charge >= 0.3 is 12.1 Å². The van der Waals surface area contributed by atoms with E-state index in [1.165, 1.54) is 12.1 Å². The molecular weight excluding hydrogens is 247 g/mol. The average molecular weight is 257 g/mol. The Bertz CT molecular complexity index is 489. The number of halogens is 3. The van der Waals surface area contributed by atoms with E-state index >= 15 is 0 Å². The van der Waals surface area contributed by atoms with Gasteiger partial charge in [0.15, 0.2) is 0 Å². The molecular formula is C12H10F3NO2. The van der Waals surface area contributed by atoms with Crippen LogP contribution in [0.1, 0.15) is 23.6 Å². The lowest BCUT2D eigenvalue weighted by molar-refractivity contribution is -0.142. The monoisotopic (exact) mass is 257 g/mol. The van der Waals surface area contributed by atoms with Gasteiger partial charge in [-0.3, -0.25) is 4.79 Å². The summed E-state index contributed by atoms with van der Waals surface area (Å²) in [5.41, 5.74) is -1.55. The van der Waals surface area contributed by atoms with Crippen LogP contribution in [-0.4, -0.2) is 12.6 Å². The molecule has 18 heavy (non-hydrogen) atoms. The fourth-order valence-electron chi connectivity index (χ4n) is 1.48. The first-order valence-corrected chi connectivity index (χ1v) is 5.15. The highest BCUT2D eigenvalue weighted by Crippen LogP contribution is 2.33. The van der Waals surface area contributed by atoms with E-state index in [1.54, 1.807) is 6.92 Å². The van der Waals surface area contributed by atoms with E-state index in [-0.39, 0.29) is 18.6 Å². The third kappa shape index (κ3) is 3.23.